The zero-order valence-electron chi connectivity index (χ0n) is 18.5. The molecular weight excluding hydrogens is 444 g/mol. The first-order chi connectivity index (χ1) is 15.9. The summed E-state index contributed by atoms with van der Waals surface area (Å²) in [5, 5.41) is 6.45. The Kier molecular flexibility index (Phi) is 8.43. The number of fused-ring (bicyclic) bond motifs is 1. The fourth-order valence-corrected chi connectivity index (χ4v) is 3.63. The number of unbranched alkanes of at least 4 members (excludes halogenated alkanes) is 1. The average molecular weight is 471 g/mol. The van der Waals surface area contributed by atoms with Gasteiger partial charge in [0, 0.05) is 30.2 Å². The molecule has 0 saturated heterocycles. The normalized spacial score (nSPS) is 10.8. The highest BCUT2D eigenvalue weighted by molar-refractivity contribution is 6.30. The molecule has 3 aromatic rings. The Hall–Kier alpha value is -3.39. The van der Waals surface area contributed by atoms with Gasteiger partial charge in [0.25, 0.3) is 5.56 Å². The largest absolute Gasteiger partial charge is 0.356 e. The molecule has 33 heavy (non-hydrogen) atoms. The van der Waals surface area contributed by atoms with E-state index in [2.05, 4.69) is 10.6 Å². The lowest BCUT2D eigenvalue weighted by Crippen LogP contribution is -2.41. The Morgan fingerprint density at radius 3 is 2.39 bits per heavy atom. The molecule has 0 aliphatic heterocycles. The highest BCUT2D eigenvalue weighted by Gasteiger charge is 2.15. The number of halogens is 1. The Morgan fingerprint density at radius 1 is 0.939 bits per heavy atom. The maximum atomic E-state index is 13.2. The van der Waals surface area contributed by atoms with Crippen LogP contribution < -0.4 is 21.9 Å². The van der Waals surface area contributed by atoms with E-state index >= 15 is 0 Å². The van der Waals surface area contributed by atoms with Gasteiger partial charge in [-0.3, -0.25) is 23.5 Å². The summed E-state index contributed by atoms with van der Waals surface area (Å²) in [7, 11) is 0. The van der Waals surface area contributed by atoms with Gasteiger partial charge < -0.3 is 10.6 Å². The summed E-state index contributed by atoms with van der Waals surface area (Å²) < 4.78 is 2.44. The number of benzene rings is 2. The number of carbonyl (C=O) groups excluding carboxylic acids is 2. The van der Waals surface area contributed by atoms with Crippen molar-refractivity contribution in [1.29, 1.82) is 0 Å². The Labute approximate surface area is 196 Å². The molecule has 1 aromatic heterocycles. The van der Waals surface area contributed by atoms with Crippen molar-refractivity contribution in [3.8, 4) is 0 Å². The van der Waals surface area contributed by atoms with Gasteiger partial charge in [-0.1, -0.05) is 30.7 Å². The number of nitrogens with zero attached hydrogens (tertiary/aromatic N) is 2. The summed E-state index contributed by atoms with van der Waals surface area (Å²) in [6.45, 7) is 2.53. The van der Waals surface area contributed by atoms with E-state index in [0.29, 0.717) is 47.4 Å². The molecule has 0 aliphatic carbocycles. The topological polar surface area (TPSA) is 102 Å². The van der Waals surface area contributed by atoms with Crippen LogP contribution >= 0.6 is 11.6 Å². The third kappa shape index (κ3) is 6.32. The minimum Gasteiger partial charge on any atom is -0.356 e. The van der Waals surface area contributed by atoms with Crippen LogP contribution in [0.2, 0.25) is 5.02 Å². The number of anilines is 1. The maximum absolute atomic E-state index is 13.2. The van der Waals surface area contributed by atoms with Crippen molar-refractivity contribution in [2.45, 2.75) is 45.7 Å². The Morgan fingerprint density at radius 2 is 1.67 bits per heavy atom. The molecule has 0 unspecified atom stereocenters. The third-order valence-corrected chi connectivity index (χ3v) is 5.42. The molecule has 0 radical (unpaired) electrons. The minimum atomic E-state index is -0.555. The molecule has 0 spiro atoms. The number of rotatable bonds is 10. The second-order valence-electron chi connectivity index (χ2n) is 7.70. The van der Waals surface area contributed by atoms with E-state index in [9.17, 15) is 19.2 Å². The molecule has 0 fully saturated rings. The molecule has 0 aliphatic rings. The lowest BCUT2D eigenvalue weighted by molar-refractivity contribution is -0.121. The first kappa shape index (κ1) is 24.3. The van der Waals surface area contributed by atoms with Gasteiger partial charge >= 0.3 is 5.69 Å². The van der Waals surface area contributed by atoms with E-state index in [1.165, 1.54) is 4.57 Å². The minimum absolute atomic E-state index is 0.0426. The van der Waals surface area contributed by atoms with Crippen LogP contribution in [0.5, 0.6) is 0 Å². The lowest BCUT2D eigenvalue weighted by Gasteiger charge is -2.14. The number of hydrogen-bond acceptors (Lipinski definition) is 4. The van der Waals surface area contributed by atoms with E-state index in [1.807, 2.05) is 6.92 Å². The molecule has 0 bridgehead atoms. The molecule has 9 heteroatoms. The van der Waals surface area contributed by atoms with Crippen molar-refractivity contribution in [2.75, 3.05) is 11.9 Å². The number of aromatic nitrogens is 2. The van der Waals surface area contributed by atoms with Crippen LogP contribution in [0, 0.1) is 0 Å². The first-order valence-corrected chi connectivity index (χ1v) is 11.3. The average Bonchev–Trinajstić information content (AvgIpc) is 2.81. The molecule has 2 aromatic carbocycles. The Bertz CT molecular complexity index is 1250. The van der Waals surface area contributed by atoms with Gasteiger partial charge in [0.2, 0.25) is 11.8 Å². The van der Waals surface area contributed by atoms with E-state index in [0.717, 1.165) is 11.0 Å². The van der Waals surface area contributed by atoms with Crippen LogP contribution in [0.25, 0.3) is 10.9 Å². The van der Waals surface area contributed by atoms with Crippen molar-refractivity contribution in [3.63, 3.8) is 0 Å². The maximum Gasteiger partial charge on any atom is 0.331 e. The number of carbonyl (C=O) groups is 2. The van der Waals surface area contributed by atoms with Gasteiger partial charge in [0.15, 0.2) is 0 Å². The van der Waals surface area contributed by atoms with Crippen molar-refractivity contribution in [3.05, 3.63) is 74.4 Å². The van der Waals surface area contributed by atoms with Crippen LogP contribution in [0.3, 0.4) is 0 Å². The monoisotopic (exact) mass is 470 g/mol. The van der Waals surface area contributed by atoms with Gasteiger partial charge in [0.1, 0.15) is 6.54 Å². The summed E-state index contributed by atoms with van der Waals surface area (Å²) in [6, 6.07) is 13.4. The highest BCUT2D eigenvalue weighted by Crippen LogP contribution is 2.14. The van der Waals surface area contributed by atoms with E-state index in [-0.39, 0.29) is 19.0 Å². The third-order valence-electron chi connectivity index (χ3n) is 5.17. The van der Waals surface area contributed by atoms with Crippen LogP contribution in [-0.2, 0) is 22.7 Å². The van der Waals surface area contributed by atoms with Crippen molar-refractivity contribution < 1.29 is 9.59 Å². The molecule has 174 valence electrons. The second-order valence-corrected chi connectivity index (χ2v) is 8.14. The Balaban J connectivity index is 1.80. The van der Waals surface area contributed by atoms with Gasteiger partial charge in [-0.25, -0.2) is 4.79 Å². The second kappa shape index (κ2) is 11.5. The van der Waals surface area contributed by atoms with Crippen LogP contribution in [0.4, 0.5) is 5.69 Å². The number of hydrogen-bond donors (Lipinski definition) is 2. The predicted molar refractivity (Wildman–Crippen MR) is 130 cm³/mol. The van der Waals surface area contributed by atoms with Gasteiger partial charge in [-0.2, -0.15) is 0 Å². The van der Waals surface area contributed by atoms with Crippen molar-refractivity contribution in [2.24, 2.45) is 0 Å². The van der Waals surface area contributed by atoms with E-state index < -0.39 is 17.2 Å². The molecule has 2 amide bonds. The van der Waals surface area contributed by atoms with Gasteiger partial charge in [-0.05, 0) is 55.7 Å². The van der Waals surface area contributed by atoms with E-state index in [1.54, 1.807) is 48.5 Å². The van der Waals surface area contributed by atoms with Crippen molar-refractivity contribution >= 4 is 40.0 Å². The number of para-hydroxylation sites is 1. The highest BCUT2D eigenvalue weighted by atomic mass is 35.5. The van der Waals surface area contributed by atoms with Crippen molar-refractivity contribution in [1.82, 2.24) is 14.5 Å². The molecule has 3 rings (SSSR count). The predicted octanol–water partition coefficient (Wildman–Crippen LogP) is 3.15. The van der Waals surface area contributed by atoms with E-state index in [4.69, 9.17) is 11.6 Å². The number of nitrogens with one attached hydrogen (secondary N) is 2. The summed E-state index contributed by atoms with van der Waals surface area (Å²) in [5.74, 6) is -0.443. The molecule has 8 nitrogen and oxygen atoms in total. The smallest absolute Gasteiger partial charge is 0.331 e. The fraction of sp³-hybridized carbons (Fsp3) is 0.333. The quantitative estimate of drug-likeness (QED) is 0.444. The fourth-order valence-electron chi connectivity index (χ4n) is 3.51. The van der Waals surface area contributed by atoms with Crippen LogP contribution in [0.1, 0.15) is 32.6 Å². The molecule has 1 heterocycles. The standard InChI is InChI=1S/C24H27ClN4O4/c1-2-14-26-21(30)9-5-6-15-28-23(32)19-7-3-4-8-20(19)29(24(28)33)16-22(31)27-18-12-10-17(25)11-13-18/h3-4,7-8,10-13H,2,5-6,9,14-16H2,1H3,(H,26,30)(H,27,31). The SMILES string of the molecule is CCCNC(=O)CCCCn1c(=O)c2ccccc2n(CC(=O)Nc2ccc(Cl)cc2)c1=O. The van der Waals surface area contributed by atoms with Crippen LogP contribution in [-0.4, -0.2) is 27.5 Å². The summed E-state index contributed by atoms with van der Waals surface area (Å²) >= 11 is 5.88. The van der Waals surface area contributed by atoms with Crippen LogP contribution in [0.15, 0.2) is 58.1 Å². The zero-order valence-corrected chi connectivity index (χ0v) is 19.2. The summed E-state index contributed by atoms with van der Waals surface area (Å²) in [5.41, 5.74) is -0.00819. The molecule has 0 atom stereocenters. The molecule has 0 saturated carbocycles. The first-order valence-electron chi connectivity index (χ1n) is 10.9. The molecule has 2 N–H and O–H groups in total. The molecular formula is C24H27ClN4O4. The van der Waals surface area contributed by atoms with Gasteiger partial charge in [0.05, 0.1) is 10.9 Å². The zero-order chi connectivity index (χ0) is 23.8. The summed E-state index contributed by atoms with van der Waals surface area (Å²) in [4.78, 5) is 50.5. The lowest BCUT2D eigenvalue weighted by atomic mass is 10.2. The summed E-state index contributed by atoms with van der Waals surface area (Å²) in [6.07, 6.45) is 2.23. The number of amides is 2. The van der Waals surface area contributed by atoms with Gasteiger partial charge in [-0.15, -0.1) is 0 Å².